The summed E-state index contributed by atoms with van der Waals surface area (Å²) in [5, 5.41) is 7.69. The molecular formula is C17H14N4O5S. The van der Waals surface area contributed by atoms with Gasteiger partial charge in [-0.15, -0.1) is 10.2 Å². The van der Waals surface area contributed by atoms with Crippen molar-refractivity contribution in [2.45, 2.75) is 11.8 Å². The van der Waals surface area contributed by atoms with Crippen LogP contribution in [0.2, 0.25) is 0 Å². The summed E-state index contributed by atoms with van der Waals surface area (Å²) in [7, 11) is -2.40. The van der Waals surface area contributed by atoms with Crippen LogP contribution in [-0.4, -0.2) is 23.2 Å². The molecule has 2 aromatic carbocycles. The molecule has 0 radical (unpaired) electrons. The Morgan fingerprint density at radius 3 is 2.59 bits per heavy atom. The molecule has 0 saturated carbocycles. The monoisotopic (exact) mass is 386 g/mol. The van der Waals surface area contributed by atoms with Crippen LogP contribution in [0, 0.1) is 6.92 Å². The Bertz CT molecular complexity index is 1320. The second kappa shape index (κ2) is 6.09. The predicted molar refractivity (Wildman–Crippen MR) is 96.7 cm³/mol. The van der Waals surface area contributed by atoms with Crippen LogP contribution in [-0.2, 0) is 17.1 Å². The van der Waals surface area contributed by atoms with Gasteiger partial charge in [0.1, 0.15) is 0 Å². The number of aromatic nitrogens is 3. The van der Waals surface area contributed by atoms with Crippen LogP contribution in [0.5, 0.6) is 0 Å². The lowest BCUT2D eigenvalue weighted by Crippen LogP contribution is -2.13. The van der Waals surface area contributed by atoms with Crippen molar-refractivity contribution >= 4 is 26.8 Å². The van der Waals surface area contributed by atoms with Crippen molar-refractivity contribution in [3.8, 4) is 11.5 Å². The molecule has 138 valence electrons. The minimum atomic E-state index is -3.94. The van der Waals surface area contributed by atoms with Crippen LogP contribution in [0.15, 0.2) is 61.0 Å². The lowest BCUT2D eigenvalue weighted by molar-refractivity contribution is 0.527. The largest absolute Gasteiger partial charge is 0.421 e. The van der Waals surface area contributed by atoms with E-state index in [1.165, 1.54) is 22.8 Å². The summed E-state index contributed by atoms with van der Waals surface area (Å²) in [5.41, 5.74) is 1.43. The maximum absolute atomic E-state index is 12.8. The summed E-state index contributed by atoms with van der Waals surface area (Å²) in [4.78, 5) is 11.6. The third-order valence-electron chi connectivity index (χ3n) is 4.00. The number of rotatable bonds is 4. The van der Waals surface area contributed by atoms with Crippen molar-refractivity contribution < 1.29 is 17.3 Å². The first kappa shape index (κ1) is 17.0. The first-order valence-electron chi connectivity index (χ1n) is 7.87. The Morgan fingerprint density at radius 2 is 1.85 bits per heavy atom. The van der Waals surface area contributed by atoms with E-state index in [1.807, 2.05) is 0 Å². The number of oxazole rings is 1. The molecule has 1 N–H and O–H groups in total. The number of anilines is 1. The molecule has 0 spiro atoms. The topological polar surface area (TPSA) is 120 Å². The van der Waals surface area contributed by atoms with E-state index in [1.54, 1.807) is 38.2 Å². The average molecular weight is 386 g/mol. The molecule has 0 aliphatic carbocycles. The van der Waals surface area contributed by atoms with Crippen molar-refractivity contribution in [3.63, 3.8) is 0 Å². The normalized spacial score (nSPS) is 11.8. The molecule has 0 atom stereocenters. The number of aryl methyl sites for hydroxylation is 2. The number of nitrogens with zero attached hydrogens (tertiary/aromatic N) is 3. The van der Waals surface area contributed by atoms with Gasteiger partial charge in [0.2, 0.25) is 11.8 Å². The molecule has 2 heterocycles. The van der Waals surface area contributed by atoms with Crippen LogP contribution >= 0.6 is 0 Å². The number of benzene rings is 2. The number of nitrogens with one attached hydrogen (secondary N) is 1. The molecule has 10 heteroatoms. The SMILES string of the molecule is Cc1nnc(-c2ccccc2NS(=O)(=O)c2ccc3c(c2)oc(=O)n3C)o1. The van der Waals surface area contributed by atoms with Gasteiger partial charge in [-0.1, -0.05) is 12.1 Å². The molecule has 0 amide bonds. The van der Waals surface area contributed by atoms with Crippen molar-refractivity contribution in [1.29, 1.82) is 0 Å². The number of para-hydroxylation sites is 1. The van der Waals surface area contributed by atoms with Crippen molar-refractivity contribution in [3.05, 3.63) is 58.9 Å². The van der Waals surface area contributed by atoms with Gasteiger partial charge in [-0.25, -0.2) is 13.2 Å². The molecule has 0 aliphatic heterocycles. The van der Waals surface area contributed by atoms with Gasteiger partial charge >= 0.3 is 5.76 Å². The fourth-order valence-corrected chi connectivity index (χ4v) is 3.74. The first-order valence-corrected chi connectivity index (χ1v) is 9.35. The number of sulfonamides is 1. The quantitative estimate of drug-likeness (QED) is 0.571. The fourth-order valence-electron chi connectivity index (χ4n) is 2.65. The Labute approximate surface area is 153 Å². The van der Waals surface area contributed by atoms with Gasteiger partial charge in [0.15, 0.2) is 5.58 Å². The molecule has 0 unspecified atom stereocenters. The van der Waals surface area contributed by atoms with Gasteiger partial charge in [-0.05, 0) is 24.3 Å². The van der Waals surface area contributed by atoms with Gasteiger partial charge in [0.05, 0.1) is 21.7 Å². The van der Waals surface area contributed by atoms with Gasteiger partial charge in [0, 0.05) is 20.0 Å². The number of fused-ring (bicyclic) bond motifs is 1. The molecule has 0 saturated heterocycles. The Hall–Kier alpha value is -3.40. The van der Waals surface area contributed by atoms with Crippen LogP contribution in [0.1, 0.15) is 5.89 Å². The first-order chi connectivity index (χ1) is 12.8. The molecule has 0 bridgehead atoms. The predicted octanol–water partition coefficient (Wildman–Crippen LogP) is 2.29. The molecule has 9 nitrogen and oxygen atoms in total. The van der Waals surface area contributed by atoms with Gasteiger partial charge in [-0.3, -0.25) is 9.29 Å². The van der Waals surface area contributed by atoms with E-state index in [4.69, 9.17) is 8.83 Å². The van der Waals surface area contributed by atoms with Crippen molar-refractivity contribution in [2.24, 2.45) is 7.05 Å². The number of hydrogen-bond donors (Lipinski definition) is 1. The van der Waals surface area contributed by atoms with E-state index in [9.17, 15) is 13.2 Å². The van der Waals surface area contributed by atoms with E-state index in [0.29, 0.717) is 17.0 Å². The van der Waals surface area contributed by atoms with Crippen LogP contribution < -0.4 is 10.5 Å². The Morgan fingerprint density at radius 1 is 1.07 bits per heavy atom. The average Bonchev–Trinajstić information content (AvgIpc) is 3.18. The summed E-state index contributed by atoms with van der Waals surface area (Å²) in [6.45, 7) is 1.64. The maximum atomic E-state index is 12.8. The van der Waals surface area contributed by atoms with E-state index in [-0.39, 0.29) is 22.1 Å². The second-order valence-electron chi connectivity index (χ2n) is 5.83. The van der Waals surface area contributed by atoms with Crippen molar-refractivity contribution in [2.75, 3.05) is 4.72 Å². The molecular weight excluding hydrogens is 372 g/mol. The van der Waals surface area contributed by atoms with Crippen molar-refractivity contribution in [1.82, 2.24) is 14.8 Å². The summed E-state index contributed by atoms with van der Waals surface area (Å²) in [6, 6.07) is 10.9. The zero-order valence-corrected chi connectivity index (χ0v) is 15.1. The lowest BCUT2D eigenvalue weighted by atomic mass is 10.2. The molecule has 0 aliphatic rings. The zero-order valence-electron chi connectivity index (χ0n) is 14.3. The van der Waals surface area contributed by atoms with E-state index >= 15 is 0 Å². The minimum absolute atomic E-state index is 0.0409. The highest BCUT2D eigenvalue weighted by molar-refractivity contribution is 7.92. The number of hydrogen-bond acceptors (Lipinski definition) is 7. The van der Waals surface area contributed by atoms with Crippen LogP contribution in [0.25, 0.3) is 22.6 Å². The van der Waals surface area contributed by atoms with Crippen LogP contribution in [0.3, 0.4) is 0 Å². The molecule has 27 heavy (non-hydrogen) atoms. The summed E-state index contributed by atoms with van der Waals surface area (Å²) < 4.78 is 39.9. The summed E-state index contributed by atoms with van der Waals surface area (Å²) in [5.74, 6) is 0.00661. The molecule has 0 fully saturated rings. The van der Waals surface area contributed by atoms with E-state index in [0.717, 1.165) is 0 Å². The minimum Gasteiger partial charge on any atom is -0.421 e. The highest BCUT2D eigenvalue weighted by Crippen LogP contribution is 2.29. The molecule has 4 rings (SSSR count). The van der Waals surface area contributed by atoms with Gasteiger partial charge < -0.3 is 8.83 Å². The third-order valence-corrected chi connectivity index (χ3v) is 5.37. The molecule has 4 aromatic rings. The smallest absolute Gasteiger partial charge is 0.419 e. The Kier molecular flexibility index (Phi) is 3.84. The van der Waals surface area contributed by atoms with E-state index in [2.05, 4.69) is 14.9 Å². The second-order valence-corrected chi connectivity index (χ2v) is 7.52. The molecule has 2 aromatic heterocycles. The van der Waals surface area contributed by atoms with Gasteiger partial charge in [0.25, 0.3) is 10.0 Å². The zero-order chi connectivity index (χ0) is 19.2. The third kappa shape index (κ3) is 2.99. The van der Waals surface area contributed by atoms with Crippen LogP contribution in [0.4, 0.5) is 5.69 Å². The fraction of sp³-hybridized carbons (Fsp3) is 0.118. The highest BCUT2D eigenvalue weighted by atomic mass is 32.2. The van der Waals surface area contributed by atoms with Gasteiger partial charge in [-0.2, -0.15) is 0 Å². The highest BCUT2D eigenvalue weighted by Gasteiger charge is 2.20. The lowest BCUT2D eigenvalue weighted by Gasteiger charge is -2.10. The standard InChI is InChI=1S/C17H14N4O5S/c1-10-18-19-16(25-10)12-5-3-4-6-13(12)20-27(23,24)11-7-8-14-15(9-11)26-17(22)21(14)2/h3-9,20H,1-2H3. The summed E-state index contributed by atoms with van der Waals surface area (Å²) >= 11 is 0. The summed E-state index contributed by atoms with van der Waals surface area (Å²) in [6.07, 6.45) is 0. The van der Waals surface area contributed by atoms with E-state index < -0.39 is 15.8 Å². The Balaban J connectivity index is 1.75. The maximum Gasteiger partial charge on any atom is 0.419 e.